The number of carboxylic acid groups (broad SMARTS) is 1. The minimum Gasteiger partial charge on any atom is -0.479 e. The van der Waals surface area contributed by atoms with Crippen molar-refractivity contribution in [3.8, 4) is 5.75 Å². The Labute approximate surface area is 279 Å². The number of benzene rings is 1. The van der Waals surface area contributed by atoms with Gasteiger partial charge < -0.3 is 44.0 Å². The van der Waals surface area contributed by atoms with Gasteiger partial charge in [-0.05, 0) is 43.4 Å². The number of hydrogen-bond acceptors (Lipinski definition) is 12. The van der Waals surface area contributed by atoms with Crippen LogP contribution >= 0.6 is 0 Å². The maximum absolute atomic E-state index is 11.9. The third-order valence-electron chi connectivity index (χ3n) is 7.49. The molecule has 0 aliphatic carbocycles. The van der Waals surface area contributed by atoms with Gasteiger partial charge in [-0.15, -0.1) is 0 Å². The smallest absolute Gasteiger partial charge is 0.333 e. The van der Waals surface area contributed by atoms with E-state index in [0.29, 0.717) is 96.2 Å². The van der Waals surface area contributed by atoms with Crippen molar-refractivity contribution >= 4 is 30.2 Å². The van der Waals surface area contributed by atoms with Crippen LogP contribution in [-0.4, -0.2) is 117 Å². The standard InChI is InChI=1S/C33H46N2O13/c36-23-46-22-25-19-24(7-8-27(25)47-32-21-26(37)20-28(48-32)33(41)42)5-4-13-43-15-17-45-18-16-44-14-11-34-29(38)6-2-1-3-12-35-30(39)9-10-31(35)40/h7-10,19,23,26,28,32,37H,1-6,11-18,20-22H2,(H,34,38)(H,41,42). The molecule has 3 N–H and O–H groups in total. The Morgan fingerprint density at radius 2 is 1.65 bits per heavy atom. The summed E-state index contributed by atoms with van der Waals surface area (Å²) >= 11 is 0. The average Bonchev–Trinajstić information content (AvgIpc) is 3.38. The second-order valence-corrected chi connectivity index (χ2v) is 11.2. The van der Waals surface area contributed by atoms with Crippen molar-refractivity contribution < 1.29 is 62.6 Å². The second kappa shape index (κ2) is 21.9. The van der Waals surface area contributed by atoms with E-state index >= 15 is 0 Å². The summed E-state index contributed by atoms with van der Waals surface area (Å²) in [5.41, 5.74) is 1.56. The monoisotopic (exact) mass is 678 g/mol. The number of nitrogens with one attached hydrogen (secondary N) is 1. The largest absolute Gasteiger partial charge is 0.479 e. The molecule has 2 aliphatic heterocycles. The predicted molar refractivity (Wildman–Crippen MR) is 168 cm³/mol. The number of aliphatic hydroxyl groups is 1. The van der Waals surface area contributed by atoms with E-state index in [9.17, 15) is 34.2 Å². The van der Waals surface area contributed by atoms with Crippen LogP contribution in [0.4, 0.5) is 0 Å². The zero-order valence-corrected chi connectivity index (χ0v) is 27.0. The van der Waals surface area contributed by atoms with Gasteiger partial charge in [-0.25, -0.2) is 4.79 Å². The first kappa shape index (κ1) is 38.6. The summed E-state index contributed by atoms with van der Waals surface area (Å²) in [6.45, 7) is 3.58. The molecule has 0 bridgehead atoms. The van der Waals surface area contributed by atoms with Gasteiger partial charge in [-0.2, -0.15) is 0 Å². The molecule has 1 aromatic rings. The summed E-state index contributed by atoms with van der Waals surface area (Å²) in [5.74, 6) is -1.43. The molecule has 0 spiro atoms. The van der Waals surface area contributed by atoms with E-state index in [1.807, 2.05) is 12.1 Å². The van der Waals surface area contributed by atoms with E-state index in [4.69, 9.17) is 28.4 Å². The number of nitrogens with zero attached hydrogens (tertiary/aromatic N) is 1. The number of amides is 3. The van der Waals surface area contributed by atoms with E-state index in [1.54, 1.807) is 6.07 Å². The van der Waals surface area contributed by atoms with E-state index in [1.165, 1.54) is 17.1 Å². The molecular formula is C33H46N2O13. The second-order valence-electron chi connectivity index (χ2n) is 11.2. The quantitative estimate of drug-likeness (QED) is 0.0761. The van der Waals surface area contributed by atoms with Crippen molar-refractivity contribution in [2.45, 2.75) is 76.5 Å². The number of imide groups is 1. The lowest BCUT2D eigenvalue weighted by Crippen LogP contribution is -2.42. The highest BCUT2D eigenvalue weighted by Gasteiger charge is 2.34. The third-order valence-corrected chi connectivity index (χ3v) is 7.49. The van der Waals surface area contributed by atoms with Crippen molar-refractivity contribution in [3.05, 3.63) is 41.5 Å². The minimum absolute atomic E-state index is 0.0136. The molecule has 0 saturated carbocycles. The van der Waals surface area contributed by atoms with Crippen molar-refractivity contribution in [2.75, 3.05) is 52.7 Å². The van der Waals surface area contributed by atoms with Crippen molar-refractivity contribution in [1.82, 2.24) is 10.2 Å². The van der Waals surface area contributed by atoms with Gasteiger partial charge in [0.05, 0.1) is 39.1 Å². The number of aryl methyl sites for hydroxylation is 1. The molecular weight excluding hydrogens is 632 g/mol. The Morgan fingerprint density at radius 3 is 2.35 bits per heavy atom. The molecule has 48 heavy (non-hydrogen) atoms. The molecule has 1 saturated heterocycles. The number of aliphatic carboxylic acids is 1. The Balaban J connectivity index is 1.16. The summed E-state index contributed by atoms with van der Waals surface area (Å²) in [6.07, 6.45) is 3.55. The maximum Gasteiger partial charge on any atom is 0.333 e. The molecule has 15 nitrogen and oxygen atoms in total. The normalized spacial score (nSPS) is 19.0. The summed E-state index contributed by atoms with van der Waals surface area (Å²) in [4.78, 5) is 58.2. The topological polar surface area (TPSA) is 196 Å². The van der Waals surface area contributed by atoms with Crippen LogP contribution in [-0.2, 0) is 60.7 Å². The number of carbonyl (C=O) groups excluding carboxylic acids is 4. The molecule has 3 atom stereocenters. The van der Waals surface area contributed by atoms with Crippen molar-refractivity contribution in [1.29, 1.82) is 0 Å². The van der Waals surface area contributed by atoms with Gasteiger partial charge in [0, 0.05) is 56.7 Å². The molecule has 0 radical (unpaired) electrons. The highest BCUT2D eigenvalue weighted by atomic mass is 16.7. The Kier molecular flexibility index (Phi) is 17.6. The summed E-state index contributed by atoms with van der Waals surface area (Å²) in [7, 11) is 0. The fourth-order valence-electron chi connectivity index (χ4n) is 5.03. The highest BCUT2D eigenvalue weighted by molar-refractivity contribution is 6.12. The zero-order chi connectivity index (χ0) is 34.6. The Morgan fingerprint density at radius 1 is 0.938 bits per heavy atom. The lowest BCUT2D eigenvalue weighted by Gasteiger charge is -2.31. The van der Waals surface area contributed by atoms with Gasteiger partial charge in [-0.3, -0.25) is 24.1 Å². The van der Waals surface area contributed by atoms with Crippen LogP contribution in [0.25, 0.3) is 0 Å². The lowest BCUT2D eigenvalue weighted by atomic mass is 10.0. The molecule has 3 amide bonds. The number of unbranched alkanes of at least 4 members (excludes halogenated alkanes) is 2. The van der Waals surface area contributed by atoms with E-state index in [-0.39, 0.29) is 37.2 Å². The molecule has 15 heteroatoms. The van der Waals surface area contributed by atoms with E-state index in [0.717, 1.165) is 18.4 Å². The number of aliphatic hydroxyl groups excluding tert-OH is 1. The number of rotatable bonds is 25. The van der Waals surface area contributed by atoms with Crippen LogP contribution in [0, 0.1) is 0 Å². The van der Waals surface area contributed by atoms with Crippen LogP contribution in [0.3, 0.4) is 0 Å². The van der Waals surface area contributed by atoms with Gasteiger partial charge in [-0.1, -0.05) is 12.5 Å². The van der Waals surface area contributed by atoms with Crippen LogP contribution in [0.2, 0.25) is 0 Å². The lowest BCUT2D eigenvalue weighted by molar-refractivity contribution is -0.195. The van der Waals surface area contributed by atoms with Gasteiger partial charge in [0.15, 0.2) is 6.10 Å². The Bertz CT molecular complexity index is 1210. The average molecular weight is 679 g/mol. The number of hydrogen-bond donors (Lipinski definition) is 3. The first-order valence-electron chi connectivity index (χ1n) is 16.2. The highest BCUT2D eigenvalue weighted by Crippen LogP contribution is 2.27. The molecule has 1 aromatic carbocycles. The minimum atomic E-state index is -1.17. The van der Waals surface area contributed by atoms with Crippen LogP contribution in [0.15, 0.2) is 30.4 Å². The SMILES string of the molecule is O=COCc1cc(CCCOCCOCCOCCNC(=O)CCCCCN2C(=O)C=CC2=O)ccc1OC1CC(O)CC(C(=O)O)O1. The van der Waals surface area contributed by atoms with Crippen LogP contribution in [0.1, 0.15) is 56.1 Å². The predicted octanol–water partition coefficient (Wildman–Crippen LogP) is 1.27. The molecule has 0 aromatic heterocycles. The zero-order valence-electron chi connectivity index (χ0n) is 27.0. The van der Waals surface area contributed by atoms with Crippen LogP contribution < -0.4 is 10.1 Å². The summed E-state index contributed by atoms with van der Waals surface area (Å²) in [5, 5.41) is 22.0. The van der Waals surface area contributed by atoms with Crippen molar-refractivity contribution in [2.24, 2.45) is 0 Å². The van der Waals surface area contributed by atoms with Gasteiger partial charge in [0.1, 0.15) is 12.4 Å². The van der Waals surface area contributed by atoms with Gasteiger partial charge in [0.2, 0.25) is 12.2 Å². The van der Waals surface area contributed by atoms with E-state index < -0.39 is 24.5 Å². The van der Waals surface area contributed by atoms with Gasteiger partial charge in [0.25, 0.3) is 18.3 Å². The number of carboxylic acids is 1. The van der Waals surface area contributed by atoms with E-state index in [2.05, 4.69) is 5.32 Å². The van der Waals surface area contributed by atoms with Gasteiger partial charge >= 0.3 is 5.97 Å². The fraction of sp³-hybridized carbons (Fsp3) is 0.606. The molecule has 3 unspecified atom stereocenters. The van der Waals surface area contributed by atoms with Crippen LogP contribution in [0.5, 0.6) is 5.75 Å². The summed E-state index contributed by atoms with van der Waals surface area (Å²) < 4.78 is 32.8. The first-order chi connectivity index (χ1) is 23.3. The molecule has 3 rings (SSSR count). The molecule has 1 fully saturated rings. The third kappa shape index (κ3) is 14.5. The fourth-order valence-corrected chi connectivity index (χ4v) is 5.03. The Hall–Kier alpha value is -3.89. The maximum atomic E-state index is 11.9. The molecule has 2 heterocycles. The number of ether oxygens (including phenoxy) is 6. The van der Waals surface area contributed by atoms with Crippen molar-refractivity contribution in [3.63, 3.8) is 0 Å². The molecule has 2 aliphatic rings. The summed E-state index contributed by atoms with van der Waals surface area (Å²) in [6, 6.07) is 5.40. The first-order valence-corrected chi connectivity index (χ1v) is 16.2. The molecule has 266 valence electrons. The number of carbonyl (C=O) groups is 5.